The third kappa shape index (κ3) is 5.96. The molecule has 1 aromatic rings. The monoisotopic (exact) mass is 408 g/mol. The predicted octanol–water partition coefficient (Wildman–Crippen LogP) is 2.03. The number of piperidine rings is 1. The van der Waals surface area contributed by atoms with Gasteiger partial charge in [-0.25, -0.2) is 8.78 Å². The molecule has 160 valence electrons. The van der Waals surface area contributed by atoms with Gasteiger partial charge in [0.1, 0.15) is 17.3 Å². The molecule has 0 saturated carbocycles. The number of piperazine rings is 1. The van der Waals surface area contributed by atoms with E-state index >= 15 is 0 Å². The van der Waals surface area contributed by atoms with Crippen LogP contribution in [0.3, 0.4) is 0 Å². The summed E-state index contributed by atoms with van der Waals surface area (Å²) >= 11 is 0. The van der Waals surface area contributed by atoms with E-state index in [4.69, 9.17) is 0 Å². The molecule has 1 aromatic carbocycles. The zero-order valence-corrected chi connectivity index (χ0v) is 17.2. The Labute approximate surface area is 170 Å². The molecule has 0 spiro atoms. The lowest BCUT2D eigenvalue weighted by Gasteiger charge is -2.38. The fourth-order valence-electron chi connectivity index (χ4n) is 4.26. The van der Waals surface area contributed by atoms with Gasteiger partial charge in [-0.15, -0.1) is 0 Å². The van der Waals surface area contributed by atoms with Gasteiger partial charge in [-0.3, -0.25) is 19.4 Å². The van der Waals surface area contributed by atoms with Crippen molar-refractivity contribution in [3.05, 3.63) is 29.8 Å². The summed E-state index contributed by atoms with van der Waals surface area (Å²) in [5.41, 5.74) is -0.410. The molecule has 2 unspecified atom stereocenters. The number of hydrogen-bond acceptors (Lipinski definition) is 4. The largest absolute Gasteiger partial charge is 0.341 e. The summed E-state index contributed by atoms with van der Waals surface area (Å²) in [6.07, 6.45) is 1.17. The molecule has 2 saturated heterocycles. The van der Waals surface area contributed by atoms with Gasteiger partial charge >= 0.3 is 0 Å². The second-order valence-corrected chi connectivity index (χ2v) is 8.44. The summed E-state index contributed by atoms with van der Waals surface area (Å²) in [5, 5.41) is 2.32. The zero-order chi connectivity index (χ0) is 21.0. The van der Waals surface area contributed by atoms with Crippen molar-refractivity contribution in [3.8, 4) is 0 Å². The van der Waals surface area contributed by atoms with Crippen LogP contribution in [0.5, 0.6) is 0 Å². The van der Waals surface area contributed by atoms with Crippen molar-refractivity contribution < 1.29 is 18.4 Å². The van der Waals surface area contributed by atoms with Crippen LogP contribution in [-0.4, -0.2) is 78.9 Å². The number of likely N-dealkylation sites (tertiary alicyclic amines) is 1. The maximum atomic E-state index is 13.7. The number of benzene rings is 1. The first-order valence-electron chi connectivity index (χ1n) is 10.3. The van der Waals surface area contributed by atoms with E-state index in [2.05, 4.69) is 24.1 Å². The summed E-state index contributed by atoms with van der Waals surface area (Å²) in [6, 6.07) is 3.47. The first-order valence-corrected chi connectivity index (χ1v) is 10.3. The molecule has 8 heteroatoms. The van der Waals surface area contributed by atoms with E-state index < -0.39 is 23.2 Å². The molecule has 1 N–H and O–H groups in total. The first kappa shape index (κ1) is 21.6. The van der Waals surface area contributed by atoms with Crippen LogP contribution in [0.15, 0.2) is 18.2 Å². The molecule has 0 aliphatic carbocycles. The number of anilines is 1. The van der Waals surface area contributed by atoms with Gasteiger partial charge in [0.25, 0.3) is 0 Å². The third-order valence-corrected chi connectivity index (χ3v) is 5.64. The number of nitrogens with one attached hydrogen (secondary N) is 1. The van der Waals surface area contributed by atoms with Crippen molar-refractivity contribution in [1.82, 2.24) is 14.7 Å². The molecule has 0 bridgehead atoms. The topological polar surface area (TPSA) is 55.9 Å². The Hall–Kier alpha value is -2.06. The molecule has 2 atom stereocenters. The van der Waals surface area contributed by atoms with Gasteiger partial charge in [-0.05, 0) is 30.4 Å². The quantitative estimate of drug-likeness (QED) is 0.810. The number of hydrogen-bond donors (Lipinski definition) is 1. The SMILES string of the molecule is CC1CC(C)CN(C(=O)CN2CCN(CC(=O)Nc3c(F)cccc3F)CC2)C1. The Balaban J connectivity index is 1.42. The van der Waals surface area contributed by atoms with Crippen LogP contribution in [0, 0.1) is 23.5 Å². The Morgan fingerprint density at radius 3 is 2.03 bits per heavy atom. The summed E-state index contributed by atoms with van der Waals surface area (Å²) in [6.45, 7) is 9.14. The van der Waals surface area contributed by atoms with Gasteiger partial charge in [-0.1, -0.05) is 19.9 Å². The summed E-state index contributed by atoms with van der Waals surface area (Å²) in [4.78, 5) is 30.8. The Morgan fingerprint density at radius 2 is 1.48 bits per heavy atom. The lowest BCUT2D eigenvalue weighted by molar-refractivity contribution is -0.135. The minimum absolute atomic E-state index is 0.0662. The summed E-state index contributed by atoms with van der Waals surface area (Å²) in [7, 11) is 0. The van der Waals surface area contributed by atoms with E-state index in [9.17, 15) is 18.4 Å². The predicted molar refractivity (Wildman–Crippen MR) is 107 cm³/mol. The number of para-hydroxylation sites is 1. The van der Waals surface area contributed by atoms with Crippen LogP contribution in [0.4, 0.5) is 14.5 Å². The van der Waals surface area contributed by atoms with Crippen molar-refractivity contribution in [1.29, 1.82) is 0 Å². The Morgan fingerprint density at radius 1 is 0.966 bits per heavy atom. The number of carbonyl (C=O) groups excluding carboxylic acids is 2. The zero-order valence-electron chi connectivity index (χ0n) is 17.2. The average molecular weight is 408 g/mol. The molecule has 3 rings (SSSR count). The normalized spacial score (nSPS) is 23.8. The molecule has 2 heterocycles. The highest BCUT2D eigenvalue weighted by Crippen LogP contribution is 2.21. The average Bonchev–Trinajstić information content (AvgIpc) is 2.65. The number of nitrogens with zero attached hydrogens (tertiary/aromatic N) is 3. The van der Waals surface area contributed by atoms with Crippen molar-refractivity contribution in [2.75, 3.05) is 57.7 Å². The summed E-state index contributed by atoms with van der Waals surface area (Å²) in [5.74, 6) is -0.778. The minimum atomic E-state index is -0.789. The molecule has 0 radical (unpaired) electrons. The van der Waals surface area contributed by atoms with Crippen LogP contribution >= 0.6 is 0 Å². The Bertz CT molecular complexity index is 707. The lowest BCUT2D eigenvalue weighted by atomic mass is 9.92. The van der Waals surface area contributed by atoms with E-state index in [0.717, 1.165) is 25.2 Å². The summed E-state index contributed by atoms with van der Waals surface area (Å²) < 4.78 is 27.3. The molecule has 0 aromatic heterocycles. The van der Waals surface area contributed by atoms with Gasteiger partial charge < -0.3 is 10.2 Å². The molecule has 2 fully saturated rings. The van der Waals surface area contributed by atoms with Gasteiger partial charge in [0, 0.05) is 39.3 Å². The number of carbonyl (C=O) groups is 2. The van der Waals surface area contributed by atoms with Crippen LogP contribution in [0.1, 0.15) is 20.3 Å². The van der Waals surface area contributed by atoms with E-state index in [1.807, 2.05) is 9.80 Å². The van der Waals surface area contributed by atoms with Crippen molar-refractivity contribution in [3.63, 3.8) is 0 Å². The van der Waals surface area contributed by atoms with Crippen LogP contribution in [0.2, 0.25) is 0 Å². The highest BCUT2D eigenvalue weighted by atomic mass is 19.1. The fourth-order valence-corrected chi connectivity index (χ4v) is 4.26. The highest BCUT2D eigenvalue weighted by Gasteiger charge is 2.28. The maximum Gasteiger partial charge on any atom is 0.238 e. The number of rotatable bonds is 5. The third-order valence-electron chi connectivity index (χ3n) is 5.64. The second kappa shape index (κ2) is 9.63. The standard InChI is InChI=1S/C21H30F2N4O2/c1-15-10-16(2)12-27(11-15)20(29)14-26-8-6-25(7-9-26)13-19(28)24-21-17(22)4-3-5-18(21)23/h3-5,15-16H,6-14H2,1-2H3,(H,24,28). The number of halogens is 2. The smallest absolute Gasteiger partial charge is 0.238 e. The van der Waals surface area contributed by atoms with E-state index in [1.54, 1.807) is 0 Å². The van der Waals surface area contributed by atoms with E-state index in [1.165, 1.54) is 12.5 Å². The van der Waals surface area contributed by atoms with Crippen molar-refractivity contribution >= 4 is 17.5 Å². The second-order valence-electron chi connectivity index (χ2n) is 8.44. The van der Waals surface area contributed by atoms with E-state index in [-0.39, 0.29) is 12.5 Å². The van der Waals surface area contributed by atoms with Crippen molar-refractivity contribution in [2.24, 2.45) is 11.8 Å². The molecule has 2 aliphatic heterocycles. The van der Waals surface area contributed by atoms with Crippen molar-refractivity contribution in [2.45, 2.75) is 20.3 Å². The molecule has 29 heavy (non-hydrogen) atoms. The van der Waals surface area contributed by atoms with Crippen LogP contribution in [-0.2, 0) is 9.59 Å². The maximum absolute atomic E-state index is 13.7. The Kier molecular flexibility index (Phi) is 7.18. The van der Waals surface area contributed by atoms with Gasteiger partial charge in [-0.2, -0.15) is 0 Å². The number of amides is 2. The molecular formula is C21H30F2N4O2. The molecule has 2 amide bonds. The molecule has 2 aliphatic rings. The molecule has 6 nitrogen and oxygen atoms in total. The fraction of sp³-hybridized carbons (Fsp3) is 0.619. The lowest BCUT2D eigenvalue weighted by Crippen LogP contribution is -2.52. The van der Waals surface area contributed by atoms with Gasteiger partial charge in [0.2, 0.25) is 11.8 Å². The van der Waals surface area contributed by atoms with Crippen LogP contribution < -0.4 is 5.32 Å². The highest BCUT2D eigenvalue weighted by molar-refractivity contribution is 5.92. The van der Waals surface area contributed by atoms with E-state index in [0.29, 0.717) is 44.6 Å². The van der Waals surface area contributed by atoms with Gasteiger partial charge in [0.05, 0.1) is 13.1 Å². The minimum Gasteiger partial charge on any atom is -0.341 e. The van der Waals surface area contributed by atoms with Gasteiger partial charge in [0.15, 0.2) is 0 Å². The molecular weight excluding hydrogens is 378 g/mol. The van der Waals surface area contributed by atoms with Crippen LogP contribution in [0.25, 0.3) is 0 Å². The first-order chi connectivity index (χ1) is 13.8.